The molecule has 2 heterocycles. The van der Waals surface area contributed by atoms with Gasteiger partial charge in [0.05, 0.1) is 25.4 Å². The van der Waals surface area contributed by atoms with E-state index in [0.29, 0.717) is 26.8 Å². The second-order valence-corrected chi connectivity index (χ2v) is 3.21. The molecule has 2 unspecified atom stereocenters. The zero-order valence-corrected chi connectivity index (χ0v) is 7.53. The van der Waals surface area contributed by atoms with Crippen molar-refractivity contribution < 1.29 is 18.9 Å². The highest BCUT2D eigenvalue weighted by Crippen LogP contribution is 2.03. The van der Waals surface area contributed by atoms with Crippen LogP contribution in [0.25, 0.3) is 0 Å². The van der Waals surface area contributed by atoms with Gasteiger partial charge in [0.1, 0.15) is 13.6 Å². The van der Waals surface area contributed by atoms with E-state index in [1.165, 1.54) is 0 Å². The minimum absolute atomic E-state index is 0.197. The van der Waals surface area contributed by atoms with Gasteiger partial charge in [0, 0.05) is 13.1 Å². The van der Waals surface area contributed by atoms with Crippen LogP contribution in [0.5, 0.6) is 0 Å². The van der Waals surface area contributed by atoms with Crippen molar-refractivity contribution in [3.8, 4) is 0 Å². The molecule has 2 rings (SSSR count). The summed E-state index contributed by atoms with van der Waals surface area (Å²) >= 11 is 0. The van der Waals surface area contributed by atoms with Crippen LogP contribution in [0.2, 0.25) is 0 Å². The van der Waals surface area contributed by atoms with Crippen molar-refractivity contribution in [2.45, 2.75) is 12.2 Å². The van der Waals surface area contributed by atoms with Crippen LogP contribution in [0.1, 0.15) is 0 Å². The maximum absolute atomic E-state index is 5.26. The molecular weight excluding hydrogens is 174 g/mol. The lowest BCUT2D eigenvalue weighted by Crippen LogP contribution is -2.35. The molecule has 0 amide bonds. The first-order valence-corrected chi connectivity index (χ1v) is 4.54. The van der Waals surface area contributed by atoms with Crippen LogP contribution in [-0.2, 0) is 18.9 Å². The Balaban J connectivity index is 1.52. The number of hydrogen-bond donors (Lipinski definition) is 1. The van der Waals surface area contributed by atoms with Gasteiger partial charge in [0.15, 0.2) is 0 Å². The van der Waals surface area contributed by atoms with Crippen molar-refractivity contribution in [2.24, 2.45) is 0 Å². The quantitative estimate of drug-likeness (QED) is 0.635. The minimum Gasteiger partial charge on any atom is -0.353 e. The Bertz CT molecular complexity index is 127. The third-order valence-electron chi connectivity index (χ3n) is 2.13. The first kappa shape index (κ1) is 9.36. The van der Waals surface area contributed by atoms with Gasteiger partial charge in [0.2, 0.25) is 0 Å². The van der Waals surface area contributed by atoms with Gasteiger partial charge >= 0.3 is 0 Å². The Morgan fingerprint density at radius 2 is 1.46 bits per heavy atom. The molecule has 2 saturated heterocycles. The molecule has 76 valence electrons. The first-order chi connectivity index (χ1) is 6.45. The van der Waals surface area contributed by atoms with E-state index in [4.69, 9.17) is 18.9 Å². The van der Waals surface area contributed by atoms with E-state index in [-0.39, 0.29) is 12.2 Å². The van der Waals surface area contributed by atoms with Crippen molar-refractivity contribution >= 4 is 0 Å². The lowest BCUT2D eigenvalue weighted by atomic mass is 10.3. The Hall–Kier alpha value is -0.200. The maximum atomic E-state index is 5.26. The summed E-state index contributed by atoms with van der Waals surface area (Å²) in [7, 11) is 0. The van der Waals surface area contributed by atoms with Crippen LogP contribution >= 0.6 is 0 Å². The van der Waals surface area contributed by atoms with Gasteiger partial charge in [-0.2, -0.15) is 0 Å². The summed E-state index contributed by atoms with van der Waals surface area (Å²) in [5, 5.41) is 3.26. The molecule has 2 atom stereocenters. The van der Waals surface area contributed by atoms with Gasteiger partial charge in [-0.3, -0.25) is 0 Å². The molecule has 2 aliphatic heterocycles. The number of hydrogen-bond acceptors (Lipinski definition) is 5. The normalized spacial score (nSPS) is 34.2. The van der Waals surface area contributed by atoms with Crippen molar-refractivity contribution in [2.75, 3.05) is 39.9 Å². The van der Waals surface area contributed by atoms with Crippen LogP contribution in [0.4, 0.5) is 0 Å². The second kappa shape index (κ2) is 4.88. The van der Waals surface area contributed by atoms with E-state index < -0.39 is 0 Å². The summed E-state index contributed by atoms with van der Waals surface area (Å²) in [6, 6.07) is 0. The number of rotatable bonds is 4. The summed E-state index contributed by atoms with van der Waals surface area (Å²) in [6.07, 6.45) is 0.393. The maximum Gasteiger partial charge on any atom is 0.147 e. The summed E-state index contributed by atoms with van der Waals surface area (Å²) in [5.41, 5.74) is 0. The lowest BCUT2D eigenvalue weighted by molar-refractivity contribution is 0.0401. The van der Waals surface area contributed by atoms with E-state index in [9.17, 15) is 0 Å². The van der Waals surface area contributed by atoms with E-state index in [1.807, 2.05) is 0 Å². The lowest BCUT2D eigenvalue weighted by Gasteiger charge is -2.11. The molecule has 0 aromatic heterocycles. The fourth-order valence-corrected chi connectivity index (χ4v) is 1.39. The second-order valence-electron chi connectivity index (χ2n) is 3.21. The van der Waals surface area contributed by atoms with Crippen LogP contribution in [0, 0.1) is 0 Å². The highest BCUT2D eigenvalue weighted by Gasteiger charge is 2.18. The van der Waals surface area contributed by atoms with Crippen LogP contribution in [0.15, 0.2) is 0 Å². The zero-order valence-electron chi connectivity index (χ0n) is 7.53. The highest BCUT2D eigenvalue weighted by atomic mass is 16.7. The Labute approximate surface area is 77.3 Å². The molecule has 0 spiro atoms. The Morgan fingerprint density at radius 1 is 0.923 bits per heavy atom. The molecule has 0 aromatic carbocycles. The molecule has 5 heteroatoms. The molecule has 0 aromatic rings. The van der Waals surface area contributed by atoms with Gasteiger partial charge in [-0.25, -0.2) is 0 Å². The fourth-order valence-electron chi connectivity index (χ4n) is 1.39. The molecule has 13 heavy (non-hydrogen) atoms. The van der Waals surface area contributed by atoms with Crippen molar-refractivity contribution in [1.82, 2.24) is 5.32 Å². The fraction of sp³-hybridized carbons (Fsp3) is 1.00. The van der Waals surface area contributed by atoms with Crippen molar-refractivity contribution in [3.05, 3.63) is 0 Å². The molecule has 0 saturated carbocycles. The Kier molecular flexibility index (Phi) is 3.51. The largest absolute Gasteiger partial charge is 0.353 e. The Morgan fingerprint density at radius 3 is 1.85 bits per heavy atom. The topological polar surface area (TPSA) is 49.0 Å². The zero-order chi connectivity index (χ0) is 8.93. The molecule has 0 bridgehead atoms. The molecular formula is C8H15NO4. The van der Waals surface area contributed by atoms with Crippen LogP contribution in [-0.4, -0.2) is 52.1 Å². The number of ether oxygens (including phenoxy) is 4. The highest BCUT2D eigenvalue weighted by molar-refractivity contribution is 4.68. The van der Waals surface area contributed by atoms with Gasteiger partial charge in [-0.15, -0.1) is 0 Å². The first-order valence-electron chi connectivity index (χ1n) is 4.54. The predicted molar refractivity (Wildman–Crippen MR) is 44.3 cm³/mol. The van der Waals surface area contributed by atoms with Gasteiger partial charge in [0.25, 0.3) is 0 Å². The van der Waals surface area contributed by atoms with Crippen LogP contribution < -0.4 is 5.32 Å². The van der Waals surface area contributed by atoms with E-state index >= 15 is 0 Å². The van der Waals surface area contributed by atoms with Crippen molar-refractivity contribution in [1.29, 1.82) is 0 Å². The summed E-state index contributed by atoms with van der Waals surface area (Å²) in [5.74, 6) is 0. The SMILES string of the molecule is C1OCC(CNCC2COCO2)O1. The summed E-state index contributed by atoms with van der Waals surface area (Å²) < 4.78 is 20.6. The van der Waals surface area contributed by atoms with E-state index in [1.54, 1.807) is 0 Å². The third kappa shape index (κ3) is 2.89. The predicted octanol–water partition coefficient (Wildman–Crippen LogP) is -0.678. The standard InChI is InChI=1S/C8H15NO4/c1(7-3-10-5-12-7)9-2-8-4-11-6-13-8/h7-9H,1-6H2. The molecule has 0 radical (unpaired) electrons. The average molecular weight is 189 g/mol. The van der Waals surface area contributed by atoms with E-state index in [2.05, 4.69) is 5.32 Å². The number of nitrogens with one attached hydrogen (secondary N) is 1. The van der Waals surface area contributed by atoms with Crippen LogP contribution in [0.3, 0.4) is 0 Å². The smallest absolute Gasteiger partial charge is 0.147 e. The summed E-state index contributed by atoms with van der Waals surface area (Å²) in [4.78, 5) is 0. The monoisotopic (exact) mass is 189 g/mol. The molecule has 1 N–H and O–H groups in total. The van der Waals surface area contributed by atoms with E-state index in [0.717, 1.165) is 13.1 Å². The molecule has 5 nitrogen and oxygen atoms in total. The third-order valence-corrected chi connectivity index (χ3v) is 2.13. The summed E-state index contributed by atoms with van der Waals surface area (Å²) in [6.45, 7) is 3.87. The van der Waals surface area contributed by atoms with Gasteiger partial charge in [-0.05, 0) is 0 Å². The van der Waals surface area contributed by atoms with Gasteiger partial charge in [-0.1, -0.05) is 0 Å². The van der Waals surface area contributed by atoms with Crippen molar-refractivity contribution in [3.63, 3.8) is 0 Å². The van der Waals surface area contributed by atoms with Gasteiger partial charge < -0.3 is 24.3 Å². The molecule has 2 aliphatic rings. The average Bonchev–Trinajstić information content (AvgIpc) is 2.75. The molecule has 0 aliphatic carbocycles. The minimum atomic E-state index is 0.197. The molecule has 2 fully saturated rings.